The maximum absolute atomic E-state index is 12.5. The molecule has 0 spiro atoms. The molecule has 168 valence electrons. The summed E-state index contributed by atoms with van der Waals surface area (Å²) in [6.07, 6.45) is 0. The standard InChI is InChI=1S/C22H22N2O6S2/c1-15-8-11-19(12-9-15)31(26,27)24-22(25)23-20-13-10-18(14-17(20)3)30-32(28,29)21-7-5-4-6-16(21)2/h4-14H,1-3H3,(H2,23,24,25). The van der Waals surface area contributed by atoms with Gasteiger partial charge >= 0.3 is 16.1 Å². The molecule has 8 nitrogen and oxygen atoms in total. The van der Waals surface area contributed by atoms with Crippen molar-refractivity contribution in [1.29, 1.82) is 0 Å². The van der Waals surface area contributed by atoms with Crippen LogP contribution >= 0.6 is 0 Å². The minimum Gasteiger partial charge on any atom is -0.379 e. The Morgan fingerprint density at radius 2 is 1.47 bits per heavy atom. The molecular formula is C22H22N2O6S2. The number of urea groups is 1. The lowest BCUT2D eigenvalue weighted by molar-refractivity contribution is 0.256. The fraction of sp³-hybridized carbons (Fsp3) is 0.136. The highest BCUT2D eigenvalue weighted by Gasteiger charge is 2.20. The van der Waals surface area contributed by atoms with Gasteiger partial charge in [0.2, 0.25) is 0 Å². The number of anilines is 1. The maximum atomic E-state index is 12.5. The third kappa shape index (κ3) is 5.45. The molecule has 0 heterocycles. The molecule has 32 heavy (non-hydrogen) atoms. The molecule has 0 aliphatic rings. The summed E-state index contributed by atoms with van der Waals surface area (Å²) in [6, 6.07) is 15.8. The van der Waals surface area contributed by atoms with Gasteiger partial charge in [-0.3, -0.25) is 0 Å². The van der Waals surface area contributed by atoms with E-state index in [1.807, 2.05) is 11.6 Å². The summed E-state index contributed by atoms with van der Waals surface area (Å²) in [5.41, 5.74) is 2.21. The molecule has 0 saturated carbocycles. The monoisotopic (exact) mass is 474 g/mol. The molecular weight excluding hydrogens is 452 g/mol. The average Bonchev–Trinajstić information content (AvgIpc) is 2.70. The van der Waals surface area contributed by atoms with E-state index in [4.69, 9.17) is 4.18 Å². The van der Waals surface area contributed by atoms with Crippen LogP contribution in [-0.2, 0) is 20.1 Å². The van der Waals surface area contributed by atoms with E-state index in [-0.39, 0.29) is 15.5 Å². The molecule has 0 unspecified atom stereocenters. The Morgan fingerprint density at radius 3 is 2.09 bits per heavy atom. The first-order chi connectivity index (χ1) is 15.0. The quantitative estimate of drug-likeness (QED) is 0.523. The maximum Gasteiger partial charge on any atom is 0.339 e. The van der Waals surface area contributed by atoms with Crippen LogP contribution in [0.3, 0.4) is 0 Å². The SMILES string of the molecule is Cc1ccc(S(=O)(=O)NC(=O)Nc2ccc(OS(=O)(=O)c3ccccc3C)cc2C)cc1. The lowest BCUT2D eigenvalue weighted by atomic mass is 10.2. The highest BCUT2D eigenvalue weighted by atomic mass is 32.2. The predicted molar refractivity (Wildman–Crippen MR) is 121 cm³/mol. The second kappa shape index (κ2) is 9.01. The molecule has 0 fully saturated rings. The zero-order valence-electron chi connectivity index (χ0n) is 17.6. The molecule has 0 radical (unpaired) electrons. The Kier molecular flexibility index (Phi) is 6.56. The predicted octanol–water partition coefficient (Wildman–Crippen LogP) is 3.89. The Bertz CT molecular complexity index is 1370. The van der Waals surface area contributed by atoms with E-state index in [2.05, 4.69) is 5.32 Å². The number of rotatable bonds is 6. The molecule has 0 aliphatic heterocycles. The van der Waals surface area contributed by atoms with Crippen molar-refractivity contribution in [2.24, 2.45) is 0 Å². The number of hydrogen-bond acceptors (Lipinski definition) is 6. The summed E-state index contributed by atoms with van der Waals surface area (Å²) in [5.74, 6) is 0.0592. The molecule has 2 N–H and O–H groups in total. The lowest BCUT2D eigenvalue weighted by Gasteiger charge is -2.13. The number of amides is 2. The fourth-order valence-electron chi connectivity index (χ4n) is 2.88. The third-order valence-electron chi connectivity index (χ3n) is 4.57. The van der Waals surface area contributed by atoms with E-state index < -0.39 is 26.2 Å². The van der Waals surface area contributed by atoms with Crippen molar-refractivity contribution >= 4 is 31.9 Å². The number of hydrogen-bond donors (Lipinski definition) is 2. The molecule has 2 amide bonds. The van der Waals surface area contributed by atoms with E-state index in [1.165, 1.54) is 36.4 Å². The minimum atomic E-state index is -4.04. The van der Waals surface area contributed by atoms with Crippen molar-refractivity contribution in [2.75, 3.05) is 5.32 Å². The van der Waals surface area contributed by atoms with Gasteiger partial charge < -0.3 is 9.50 Å². The van der Waals surface area contributed by atoms with Crippen molar-refractivity contribution in [3.8, 4) is 5.75 Å². The Labute approximate surface area is 187 Å². The third-order valence-corrected chi connectivity index (χ3v) is 7.33. The molecule has 0 aromatic heterocycles. The van der Waals surface area contributed by atoms with Gasteiger partial charge in [0.1, 0.15) is 10.6 Å². The van der Waals surface area contributed by atoms with Gasteiger partial charge in [-0.1, -0.05) is 35.9 Å². The van der Waals surface area contributed by atoms with Crippen LogP contribution in [0.25, 0.3) is 0 Å². The number of sulfonamides is 1. The van der Waals surface area contributed by atoms with Crippen molar-refractivity contribution in [3.63, 3.8) is 0 Å². The number of carbonyl (C=O) groups excluding carboxylic acids is 1. The van der Waals surface area contributed by atoms with Crippen LogP contribution in [-0.4, -0.2) is 22.9 Å². The second-order valence-corrected chi connectivity index (χ2v) is 10.3. The van der Waals surface area contributed by atoms with Gasteiger partial charge in [0, 0.05) is 5.69 Å². The van der Waals surface area contributed by atoms with Gasteiger partial charge in [-0.15, -0.1) is 0 Å². The summed E-state index contributed by atoms with van der Waals surface area (Å²) < 4.78 is 56.9. The van der Waals surface area contributed by atoms with Crippen LogP contribution in [0.4, 0.5) is 10.5 Å². The van der Waals surface area contributed by atoms with E-state index in [0.29, 0.717) is 16.8 Å². The second-order valence-electron chi connectivity index (χ2n) is 7.15. The van der Waals surface area contributed by atoms with Gasteiger partial charge in [0.15, 0.2) is 0 Å². The summed E-state index contributed by atoms with van der Waals surface area (Å²) >= 11 is 0. The van der Waals surface area contributed by atoms with Crippen LogP contribution in [0.15, 0.2) is 76.5 Å². The first-order valence-corrected chi connectivity index (χ1v) is 12.4. The van der Waals surface area contributed by atoms with Crippen LogP contribution in [0.1, 0.15) is 16.7 Å². The number of benzene rings is 3. The van der Waals surface area contributed by atoms with Gasteiger partial charge in [0.05, 0.1) is 4.90 Å². The number of carbonyl (C=O) groups is 1. The van der Waals surface area contributed by atoms with Gasteiger partial charge in [-0.05, 0) is 68.3 Å². The van der Waals surface area contributed by atoms with Crippen molar-refractivity contribution in [1.82, 2.24) is 4.72 Å². The average molecular weight is 475 g/mol. The molecule has 0 atom stereocenters. The zero-order valence-corrected chi connectivity index (χ0v) is 19.2. The van der Waals surface area contributed by atoms with Gasteiger partial charge in [-0.25, -0.2) is 17.9 Å². The van der Waals surface area contributed by atoms with E-state index in [1.54, 1.807) is 44.2 Å². The Hall–Kier alpha value is -3.37. The molecule has 3 aromatic carbocycles. The molecule has 10 heteroatoms. The topological polar surface area (TPSA) is 119 Å². The molecule has 0 saturated heterocycles. The van der Waals surface area contributed by atoms with Crippen molar-refractivity contribution < 1.29 is 25.8 Å². The summed E-state index contributed by atoms with van der Waals surface area (Å²) in [4.78, 5) is 12.2. The van der Waals surface area contributed by atoms with Crippen LogP contribution < -0.4 is 14.2 Å². The van der Waals surface area contributed by atoms with Crippen LogP contribution in [0, 0.1) is 20.8 Å². The smallest absolute Gasteiger partial charge is 0.339 e. The van der Waals surface area contributed by atoms with E-state index in [9.17, 15) is 21.6 Å². The van der Waals surface area contributed by atoms with E-state index >= 15 is 0 Å². The summed E-state index contributed by atoms with van der Waals surface area (Å²) in [7, 11) is -8.08. The first-order valence-electron chi connectivity index (χ1n) is 9.49. The minimum absolute atomic E-state index is 0.0415. The normalized spacial score (nSPS) is 11.6. The van der Waals surface area contributed by atoms with Crippen LogP contribution in [0.2, 0.25) is 0 Å². The Balaban J connectivity index is 1.72. The highest BCUT2D eigenvalue weighted by Crippen LogP contribution is 2.25. The fourth-order valence-corrected chi connectivity index (χ4v) is 4.94. The van der Waals surface area contributed by atoms with Gasteiger partial charge in [0.25, 0.3) is 10.0 Å². The number of nitrogens with one attached hydrogen (secondary N) is 2. The van der Waals surface area contributed by atoms with Crippen molar-refractivity contribution in [2.45, 2.75) is 30.6 Å². The van der Waals surface area contributed by atoms with Crippen molar-refractivity contribution in [3.05, 3.63) is 83.4 Å². The summed E-state index contributed by atoms with van der Waals surface area (Å²) in [6.45, 7) is 5.11. The first kappa shape index (κ1) is 23.3. The zero-order chi connectivity index (χ0) is 23.5. The van der Waals surface area contributed by atoms with Crippen LogP contribution in [0.5, 0.6) is 5.75 Å². The highest BCUT2D eigenvalue weighted by molar-refractivity contribution is 7.90. The molecule has 3 aromatic rings. The molecule has 0 bridgehead atoms. The molecule has 3 rings (SSSR count). The number of aryl methyl sites for hydroxylation is 3. The summed E-state index contributed by atoms with van der Waals surface area (Å²) in [5, 5.41) is 2.44. The molecule has 0 aliphatic carbocycles. The lowest BCUT2D eigenvalue weighted by Crippen LogP contribution is -2.34. The largest absolute Gasteiger partial charge is 0.379 e. The van der Waals surface area contributed by atoms with Gasteiger partial charge in [-0.2, -0.15) is 8.42 Å². The van der Waals surface area contributed by atoms with E-state index in [0.717, 1.165) is 5.56 Å². The Morgan fingerprint density at radius 1 is 0.812 bits per heavy atom.